The van der Waals surface area contributed by atoms with E-state index in [1.165, 1.54) is 19.3 Å². The van der Waals surface area contributed by atoms with Crippen molar-refractivity contribution in [3.05, 3.63) is 30.5 Å². The van der Waals surface area contributed by atoms with Crippen molar-refractivity contribution in [2.75, 3.05) is 38.2 Å². The Labute approximate surface area is 245 Å². The van der Waals surface area contributed by atoms with Gasteiger partial charge in [0.25, 0.3) is 0 Å². The Balaban J connectivity index is 1.23. The maximum absolute atomic E-state index is 12.8. The van der Waals surface area contributed by atoms with Gasteiger partial charge in [-0.15, -0.1) is 0 Å². The summed E-state index contributed by atoms with van der Waals surface area (Å²) in [5, 5.41) is 12.2. The van der Waals surface area contributed by atoms with Crippen LogP contribution in [0.15, 0.2) is 35.4 Å². The number of nitrogens with one attached hydrogen (secondary N) is 3. The molecule has 1 amide bonds. The number of unbranched alkanes of at least 4 members (excludes halogenated alkanes) is 1. The average molecular weight is 582 g/mol. The molecule has 41 heavy (non-hydrogen) atoms. The number of ether oxygens (including phenoxy) is 1. The molecule has 222 valence electrons. The predicted octanol–water partition coefficient (Wildman–Crippen LogP) is 4.76. The van der Waals surface area contributed by atoms with Gasteiger partial charge in [-0.1, -0.05) is 44.7 Å². The summed E-state index contributed by atoms with van der Waals surface area (Å²) in [4.78, 5) is 22.3. The second kappa shape index (κ2) is 14.8. The van der Waals surface area contributed by atoms with E-state index < -0.39 is 11.0 Å². The van der Waals surface area contributed by atoms with E-state index in [9.17, 15) is 9.00 Å². The molecule has 2 fully saturated rings. The fourth-order valence-corrected chi connectivity index (χ4v) is 6.46. The topological polar surface area (TPSA) is 123 Å². The number of nitrogens with zero attached hydrogens (tertiary/aromatic N) is 4. The summed E-state index contributed by atoms with van der Waals surface area (Å²) >= 11 is 0. The Hall–Kier alpha value is -2.89. The van der Waals surface area contributed by atoms with Crippen LogP contribution in [-0.2, 0) is 20.5 Å². The van der Waals surface area contributed by atoms with Crippen molar-refractivity contribution in [1.82, 2.24) is 29.8 Å². The number of aromatic nitrogens is 4. The molecule has 3 heterocycles. The molecule has 5 rings (SSSR count). The van der Waals surface area contributed by atoms with Gasteiger partial charge < -0.3 is 15.4 Å². The first kappa shape index (κ1) is 29.6. The molecule has 2 aliphatic rings. The lowest BCUT2D eigenvalue weighted by atomic mass is 9.96. The minimum atomic E-state index is -1.50. The van der Waals surface area contributed by atoms with Crippen LogP contribution in [0.3, 0.4) is 0 Å². The summed E-state index contributed by atoms with van der Waals surface area (Å²) in [6.07, 6.45) is 13.0. The van der Waals surface area contributed by atoms with Gasteiger partial charge in [0.15, 0.2) is 5.65 Å². The molecule has 0 bridgehead atoms. The normalized spacial score (nSPS) is 17.5. The number of carbonyl (C=O) groups is 1. The van der Waals surface area contributed by atoms with E-state index in [1.807, 2.05) is 30.5 Å². The van der Waals surface area contributed by atoms with Crippen LogP contribution in [0.2, 0.25) is 0 Å². The number of carbonyl (C=O) groups excluding carboxylic acids is 1. The van der Waals surface area contributed by atoms with Crippen LogP contribution in [0.4, 0.5) is 5.95 Å². The number of benzene rings is 1. The number of hydrogen-bond acceptors (Lipinski definition) is 7. The van der Waals surface area contributed by atoms with Crippen LogP contribution in [0.5, 0.6) is 0 Å². The zero-order chi connectivity index (χ0) is 28.4. The second-order valence-electron chi connectivity index (χ2n) is 11.1. The Morgan fingerprint density at radius 3 is 2.61 bits per heavy atom. The highest BCUT2D eigenvalue weighted by Gasteiger charge is 2.23. The van der Waals surface area contributed by atoms with Crippen LogP contribution in [0.1, 0.15) is 77.2 Å². The molecule has 1 aliphatic carbocycles. The zero-order valence-electron chi connectivity index (χ0n) is 24.1. The minimum absolute atomic E-state index is 0.00450. The molecule has 0 spiro atoms. The van der Waals surface area contributed by atoms with Crippen molar-refractivity contribution >= 4 is 33.9 Å². The lowest BCUT2D eigenvalue weighted by Gasteiger charge is -2.22. The predicted molar refractivity (Wildman–Crippen MR) is 162 cm³/mol. The van der Waals surface area contributed by atoms with Crippen molar-refractivity contribution in [2.24, 2.45) is 5.92 Å². The molecule has 11 heteroatoms. The maximum Gasteiger partial charge on any atom is 0.234 e. The van der Waals surface area contributed by atoms with E-state index in [1.54, 1.807) is 0 Å². The number of anilines is 1. The first-order valence-electron chi connectivity index (χ1n) is 15.2. The summed E-state index contributed by atoms with van der Waals surface area (Å²) in [5.74, 6) is 1.09. The fraction of sp³-hybridized carbons (Fsp3) is 0.600. The fourth-order valence-electron chi connectivity index (χ4n) is 5.64. The van der Waals surface area contributed by atoms with Crippen LogP contribution >= 0.6 is 0 Å². The maximum atomic E-state index is 12.8. The summed E-state index contributed by atoms with van der Waals surface area (Å²) in [6.45, 7) is 5.26. The first-order chi connectivity index (χ1) is 20.1. The second-order valence-corrected chi connectivity index (χ2v) is 12.4. The molecule has 1 saturated carbocycles. The van der Waals surface area contributed by atoms with Gasteiger partial charge >= 0.3 is 0 Å². The summed E-state index contributed by atoms with van der Waals surface area (Å²) in [7, 11) is -1.50. The van der Waals surface area contributed by atoms with Crippen LogP contribution in [-0.4, -0.2) is 62.7 Å². The minimum Gasteiger partial charge on any atom is -0.381 e. The molecular formula is C30H43N7O3S. The van der Waals surface area contributed by atoms with Crippen LogP contribution in [0, 0.1) is 5.92 Å². The highest BCUT2D eigenvalue weighted by Crippen LogP contribution is 2.34. The lowest BCUT2D eigenvalue weighted by Crippen LogP contribution is -2.36. The summed E-state index contributed by atoms with van der Waals surface area (Å²) < 4.78 is 23.2. The standard InChI is InChI=1S/C30H43N7O3S/c1-2-3-16-32-30-33-20-26-28(36-37(29(26)35-30)24-7-5-4-6-8-24)23-9-11-25(12-10-23)41(39)34-21-27(38)31-17-13-22-14-18-40-19-15-22/h9-12,20,22,24,34H,2-8,13-19,21H2,1H3,(H,31,38)(H,32,33,35). The van der Waals surface area contributed by atoms with Crippen LogP contribution < -0.4 is 15.4 Å². The van der Waals surface area contributed by atoms with Crippen LogP contribution in [0.25, 0.3) is 22.3 Å². The molecule has 1 unspecified atom stereocenters. The largest absolute Gasteiger partial charge is 0.381 e. The van der Waals surface area contributed by atoms with Gasteiger partial charge in [0.2, 0.25) is 11.9 Å². The Bertz CT molecular complexity index is 1300. The molecule has 2 aromatic heterocycles. The van der Waals surface area contributed by atoms with Gasteiger partial charge in [-0.3, -0.25) is 4.79 Å². The van der Waals surface area contributed by atoms with Gasteiger partial charge in [-0.05, 0) is 56.6 Å². The SMILES string of the molecule is CCCCNc1ncc2c(-c3ccc(S(=O)NCC(=O)NCCC4CCOCC4)cc3)nn(C3CCCCC3)c2n1. The number of amides is 1. The van der Waals surface area contributed by atoms with Gasteiger partial charge in [0.1, 0.15) is 16.7 Å². The van der Waals surface area contributed by atoms with Gasteiger partial charge in [-0.2, -0.15) is 10.1 Å². The van der Waals surface area contributed by atoms with E-state index >= 15 is 0 Å². The number of hydrogen-bond donors (Lipinski definition) is 3. The van der Waals surface area contributed by atoms with E-state index in [-0.39, 0.29) is 12.5 Å². The van der Waals surface area contributed by atoms with Crippen molar-refractivity contribution in [1.29, 1.82) is 0 Å². The molecular weight excluding hydrogens is 538 g/mol. The van der Waals surface area contributed by atoms with Crippen molar-refractivity contribution in [3.63, 3.8) is 0 Å². The molecule has 1 aromatic carbocycles. The molecule has 1 aliphatic heterocycles. The van der Waals surface area contributed by atoms with E-state index in [0.29, 0.717) is 29.3 Å². The Kier molecular flexibility index (Phi) is 10.7. The lowest BCUT2D eigenvalue weighted by molar-refractivity contribution is -0.120. The highest BCUT2D eigenvalue weighted by atomic mass is 32.2. The Morgan fingerprint density at radius 1 is 1.07 bits per heavy atom. The number of fused-ring (bicyclic) bond motifs is 1. The molecule has 3 aromatic rings. The summed E-state index contributed by atoms with van der Waals surface area (Å²) in [5.41, 5.74) is 2.62. The van der Waals surface area contributed by atoms with Gasteiger partial charge in [0, 0.05) is 38.1 Å². The summed E-state index contributed by atoms with van der Waals surface area (Å²) in [6, 6.07) is 7.85. The smallest absolute Gasteiger partial charge is 0.234 e. The van der Waals surface area contributed by atoms with Gasteiger partial charge in [0.05, 0.1) is 22.9 Å². The third-order valence-electron chi connectivity index (χ3n) is 8.10. The van der Waals surface area contributed by atoms with E-state index in [4.69, 9.17) is 14.8 Å². The highest BCUT2D eigenvalue weighted by molar-refractivity contribution is 7.83. The first-order valence-corrected chi connectivity index (χ1v) is 16.4. The molecule has 1 saturated heterocycles. The molecule has 10 nitrogen and oxygen atoms in total. The van der Waals surface area contributed by atoms with Crippen molar-refractivity contribution < 1.29 is 13.7 Å². The quantitative estimate of drug-likeness (QED) is 0.249. The monoisotopic (exact) mass is 581 g/mol. The van der Waals surface area contributed by atoms with Gasteiger partial charge in [-0.25, -0.2) is 18.6 Å². The van der Waals surface area contributed by atoms with Crippen molar-refractivity contribution in [3.8, 4) is 11.3 Å². The number of rotatable bonds is 13. The molecule has 3 N–H and O–H groups in total. The molecule has 1 atom stereocenters. The van der Waals surface area contributed by atoms with E-state index in [0.717, 1.165) is 87.0 Å². The third-order valence-corrected chi connectivity index (χ3v) is 9.21. The average Bonchev–Trinajstić information content (AvgIpc) is 3.40. The zero-order valence-corrected chi connectivity index (χ0v) is 24.9. The molecule has 0 radical (unpaired) electrons. The Morgan fingerprint density at radius 2 is 1.85 bits per heavy atom. The van der Waals surface area contributed by atoms with E-state index in [2.05, 4.69) is 31.9 Å². The van der Waals surface area contributed by atoms with Crippen molar-refractivity contribution in [2.45, 2.75) is 82.1 Å². The third kappa shape index (κ3) is 7.90.